The van der Waals surface area contributed by atoms with E-state index in [1.54, 1.807) is 13.8 Å². The van der Waals surface area contributed by atoms with Crippen molar-refractivity contribution in [3.05, 3.63) is 0 Å². The molecule has 0 atom stereocenters. The van der Waals surface area contributed by atoms with Crippen LogP contribution in [0.25, 0.3) is 0 Å². The monoisotopic (exact) mass is 200 g/mol. The van der Waals surface area contributed by atoms with Gasteiger partial charge in [0.05, 0.1) is 12.6 Å². The van der Waals surface area contributed by atoms with E-state index in [0.717, 1.165) is 0 Å². The molecule has 1 saturated carbocycles. The number of carbonyl (C=O) groups excluding carboxylic acids is 2. The van der Waals surface area contributed by atoms with Crippen LogP contribution in [0.5, 0.6) is 0 Å². The van der Waals surface area contributed by atoms with E-state index in [1.807, 2.05) is 0 Å². The van der Waals surface area contributed by atoms with Crippen LogP contribution in [0.4, 0.5) is 0 Å². The van der Waals surface area contributed by atoms with Gasteiger partial charge in [-0.2, -0.15) is 0 Å². The van der Waals surface area contributed by atoms with Gasteiger partial charge in [-0.05, 0) is 26.7 Å². The summed E-state index contributed by atoms with van der Waals surface area (Å²) in [6.07, 6.45) is 1.35. The molecule has 80 valence electrons. The SMILES string of the molecule is COC(=O)C(C)(C)NC(=O)C1(N)CC1. The summed E-state index contributed by atoms with van der Waals surface area (Å²) in [7, 11) is 1.28. The van der Waals surface area contributed by atoms with Crippen LogP contribution in [0.2, 0.25) is 0 Å². The molecule has 0 spiro atoms. The number of hydrogen-bond acceptors (Lipinski definition) is 4. The summed E-state index contributed by atoms with van der Waals surface area (Å²) in [4.78, 5) is 22.8. The molecule has 0 unspecified atom stereocenters. The Kier molecular flexibility index (Phi) is 2.54. The largest absolute Gasteiger partial charge is 0.467 e. The van der Waals surface area contributed by atoms with Crippen LogP contribution < -0.4 is 11.1 Å². The molecule has 0 aromatic carbocycles. The second-order valence-corrected chi connectivity index (χ2v) is 4.23. The second kappa shape index (κ2) is 3.24. The van der Waals surface area contributed by atoms with Crippen molar-refractivity contribution in [3.8, 4) is 0 Å². The zero-order valence-electron chi connectivity index (χ0n) is 8.72. The molecule has 0 bridgehead atoms. The number of carbonyl (C=O) groups is 2. The van der Waals surface area contributed by atoms with Crippen LogP contribution in [-0.2, 0) is 14.3 Å². The second-order valence-electron chi connectivity index (χ2n) is 4.23. The Morgan fingerprint density at radius 3 is 2.29 bits per heavy atom. The number of methoxy groups -OCH3 is 1. The van der Waals surface area contributed by atoms with Crippen molar-refractivity contribution in [3.63, 3.8) is 0 Å². The first-order valence-corrected chi connectivity index (χ1v) is 4.52. The lowest BCUT2D eigenvalue weighted by Gasteiger charge is -2.24. The Hall–Kier alpha value is -1.10. The molecule has 0 aromatic rings. The highest BCUT2D eigenvalue weighted by Crippen LogP contribution is 2.32. The Morgan fingerprint density at radius 2 is 1.93 bits per heavy atom. The summed E-state index contributed by atoms with van der Waals surface area (Å²) in [6, 6.07) is 0. The molecule has 1 aliphatic rings. The fourth-order valence-corrected chi connectivity index (χ4v) is 1.08. The van der Waals surface area contributed by atoms with Gasteiger partial charge in [0.1, 0.15) is 5.54 Å². The number of hydrogen-bond donors (Lipinski definition) is 2. The molecular weight excluding hydrogens is 184 g/mol. The number of esters is 1. The van der Waals surface area contributed by atoms with Gasteiger partial charge < -0.3 is 15.8 Å². The van der Waals surface area contributed by atoms with E-state index in [-0.39, 0.29) is 5.91 Å². The highest BCUT2D eigenvalue weighted by Gasteiger charge is 2.48. The number of nitrogens with two attached hydrogens (primary N) is 1. The summed E-state index contributed by atoms with van der Waals surface area (Å²) < 4.78 is 4.55. The maximum atomic E-state index is 11.5. The Morgan fingerprint density at radius 1 is 1.43 bits per heavy atom. The summed E-state index contributed by atoms with van der Waals surface area (Å²) >= 11 is 0. The van der Waals surface area contributed by atoms with Crippen LogP contribution in [0, 0.1) is 0 Å². The summed E-state index contributed by atoms with van der Waals surface area (Å²) in [5.74, 6) is -0.761. The third-order valence-corrected chi connectivity index (χ3v) is 2.36. The predicted molar refractivity (Wildman–Crippen MR) is 50.4 cm³/mol. The van der Waals surface area contributed by atoms with Gasteiger partial charge in [-0.1, -0.05) is 0 Å². The van der Waals surface area contributed by atoms with Crippen molar-refractivity contribution in [2.45, 2.75) is 37.8 Å². The van der Waals surface area contributed by atoms with E-state index in [4.69, 9.17) is 5.73 Å². The molecule has 1 rings (SSSR count). The van der Waals surface area contributed by atoms with Gasteiger partial charge in [-0.3, -0.25) is 4.79 Å². The lowest BCUT2D eigenvalue weighted by Crippen LogP contribution is -2.56. The van der Waals surface area contributed by atoms with Gasteiger partial charge in [-0.25, -0.2) is 4.79 Å². The molecule has 3 N–H and O–H groups in total. The highest BCUT2D eigenvalue weighted by atomic mass is 16.5. The van der Waals surface area contributed by atoms with Gasteiger partial charge in [0.15, 0.2) is 0 Å². The van der Waals surface area contributed by atoms with Crippen molar-refractivity contribution in [1.82, 2.24) is 5.32 Å². The van der Waals surface area contributed by atoms with Crippen LogP contribution in [0.3, 0.4) is 0 Å². The van der Waals surface area contributed by atoms with Crippen LogP contribution in [-0.4, -0.2) is 30.1 Å². The van der Waals surface area contributed by atoms with Gasteiger partial charge in [0.2, 0.25) is 5.91 Å². The van der Waals surface area contributed by atoms with Crippen LogP contribution in [0.1, 0.15) is 26.7 Å². The maximum absolute atomic E-state index is 11.5. The van der Waals surface area contributed by atoms with Gasteiger partial charge in [-0.15, -0.1) is 0 Å². The molecule has 0 radical (unpaired) electrons. The Labute approximate surface area is 83.0 Å². The van der Waals surface area contributed by atoms with Crippen molar-refractivity contribution in [2.24, 2.45) is 5.73 Å². The molecule has 5 nitrogen and oxygen atoms in total. The Bertz CT molecular complexity index is 269. The normalized spacial score (nSPS) is 18.6. The first-order chi connectivity index (χ1) is 6.32. The van der Waals surface area contributed by atoms with E-state index in [2.05, 4.69) is 10.1 Å². The first-order valence-electron chi connectivity index (χ1n) is 4.52. The minimum atomic E-state index is -1.01. The van der Waals surface area contributed by atoms with Crippen molar-refractivity contribution in [2.75, 3.05) is 7.11 Å². The van der Waals surface area contributed by atoms with Crippen LogP contribution >= 0.6 is 0 Å². The first kappa shape index (κ1) is 11.0. The molecular formula is C9H16N2O3. The molecule has 1 amide bonds. The quantitative estimate of drug-likeness (QED) is 0.604. The van der Waals surface area contributed by atoms with Gasteiger partial charge in [0.25, 0.3) is 0 Å². The molecule has 14 heavy (non-hydrogen) atoms. The highest BCUT2D eigenvalue weighted by molar-refractivity contribution is 5.93. The standard InChI is InChI=1S/C9H16N2O3/c1-8(2,7(13)14-3)11-6(12)9(10)4-5-9/h4-5,10H2,1-3H3,(H,11,12). The lowest BCUT2D eigenvalue weighted by molar-refractivity contribution is -0.149. The van der Waals surface area contributed by atoms with Crippen molar-refractivity contribution in [1.29, 1.82) is 0 Å². The third-order valence-electron chi connectivity index (χ3n) is 2.36. The van der Waals surface area contributed by atoms with Crippen molar-refractivity contribution >= 4 is 11.9 Å². The summed E-state index contributed by atoms with van der Waals surface area (Å²) in [5, 5.41) is 2.57. The third kappa shape index (κ3) is 2.04. The Balaban J connectivity index is 2.58. The number of ether oxygens (including phenoxy) is 1. The topological polar surface area (TPSA) is 81.4 Å². The molecule has 1 fully saturated rings. The molecule has 0 saturated heterocycles. The smallest absolute Gasteiger partial charge is 0.330 e. The van der Waals surface area contributed by atoms with Crippen LogP contribution in [0.15, 0.2) is 0 Å². The molecule has 0 heterocycles. The summed E-state index contributed by atoms with van der Waals surface area (Å²) in [6.45, 7) is 3.17. The van der Waals surface area contributed by atoms with E-state index in [9.17, 15) is 9.59 Å². The number of nitrogens with one attached hydrogen (secondary N) is 1. The molecule has 0 aromatic heterocycles. The van der Waals surface area contributed by atoms with E-state index in [1.165, 1.54) is 7.11 Å². The van der Waals surface area contributed by atoms with E-state index >= 15 is 0 Å². The lowest BCUT2D eigenvalue weighted by atomic mass is 10.1. The average molecular weight is 200 g/mol. The van der Waals surface area contributed by atoms with E-state index in [0.29, 0.717) is 12.8 Å². The molecule has 1 aliphatic carbocycles. The minimum absolute atomic E-state index is 0.284. The van der Waals surface area contributed by atoms with Crippen molar-refractivity contribution < 1.29 is 14.3 Å². The fourth-order valence-electron chi connectivity index (χ4n) is 1.08. The summed E-state index contributed by atoms with van der Waals surface area (Å²) in [5.41, 5.74) is 3.90. The minimum Gasteiger partial charge on any atom is -0.467 e. The zero-order valence-corrected chi connectivity index (χ0v) is 8.72. The fraction of sp³-hybridized carbons (Fsp3) is 0.778. The zero-order chi connectivity index (χ0) is 11.0. The number of rotatable bonds is 3. The maximum Gasteiger partial charge on any atom is 0.330 e. The van der Waals surface area contributed by atoms with E-state index < -0.39 is 17.0 Å². The predicted octanol–water partition coefficient (Wildman–Crippen LogP) is -0.454. The average Bonchev–Trinajstić information content (AvgIpc) is 2.82. The molecule has 5 heteroatoms. The molecule has 0 aliphatic heterocycles. The van der Waals surface area contributed by atoms with Gasteiger partial charge >= 0.3 is 5.97 Å². The number of amides is 1. The van der Waals surface area contributed by atoms with Gasteiger partial charge in [0, 0.05) is 0 Å².